The van der Waals surface area contributed by atoms with Gasteiger partial charge in [-0.05, 0) is 24.3 Å². The smallest absolute Gasteiger partial charge is 0.239 e. The third-order valence-corrected chi connectivity index (χ3v) is 3.18. The monoisotopic (exact) mass is 258 g/mol. The second kappa shape index (κ2) is 4.55. The van der Waals surface area contributed by atoms with Gasteiger partial charge in [-0.1, -0.05) is 0 Å². The molecule has 7 heteroatoms. The minimum Gasteiger partial charge on any atom is -0.340 e. The zero-order valence-electron chi connectivity index (χ0n) is 9.29. The molecule has 3 rings (SSSR count). The van der Waals surface area contributed by atoms with Crippen molar-refractivity contribution in [1.82, 2.24) is 15.0 Å². The van der Waals surface area contributed by atoms with Gasteiger partial charge in [0.05, 0.1) is 15.7 Å². The zero-order valence-corrected chi connectivity index (χ0v) is 10.1. The molecule has 0 spiro atoms. The highest BCUT2D eigenvalue weighted by molar-refractivity contribution is 7.16. The number of nitrogen functional groups attached to an aromatic ring is 1. The van der Waals surface area contributed by atoms with Crippen LogP contribution in [0.5, 0.6) is 0 Å². The SMILES string of the molecule is NNc1nccc(Nc2ccc3ncsc3c2)n1. The Kier molecular flexibility index (Phi) is 2.75. The van der Waals surface area contributed by atoms with Crippen molar-refractivity contribution < 1.29 is 0 Å². The lowest BCUT2D eigenvalue weighted by Gasteiger charge is -2.06. The fourth-order valence-electron chi connectivity index (χ4n) is 1.58. The maximum atomic E-state index is 5.26. The van der Waals surface area contributed by atoms with Gasteiger partial charge in [0.2, 0.25) is 5.95 Å². The van der Waals surface area contributed by atoms with E-state index < -0.39 is 0 Å². The van der Waals surface area contributed by atoms with E-state index in [0.717, 1.165) is 15.9 Å². The van der Waals surface area contributed by atoms with E-state index in [0.29, 0.717) is 11.8 Å². The Balaban J connectivity index is 1.90. The second-order valence-corrected chi connectivity index (χ2v) is 4.46. The third kappa shape index (κ3) is 2.08. The van der Waals surface area contributed by atoms with Crippen LogP contribution >= 0.6 is 11.3 Å². The van der Waals surface area contributed by atoms with Crippen LogP contribution in [0.15, 0.2) is 36.0 Å². The van der Waals surface area contributed by atoms with Crippen molar-refractivity contribution in [3.05, 3.63) is 36.0 Å². The molecule has 0 aliphatic heterocycles. The number of rotatable bonds is 3. The molecule has 0 radical (unpaired) electrons. The summed E-state index contributed by atoms with van der Waals surface area (Å²) in [7, 11) is 0. The van der Waals surface area contributed by atoms with Gasteiger partial charge in [-0.25, -0.2) is 15.8 Å². The van der Waals surface area contributed by atoms with Gasteiger partial charge < -0.3 is 5.32 Å². The number of fused-ring (bicyclic) bond motifs is 1. The van der Waals surface area contributed by atoms with Gasteiger partial charge >= 0.3 is 0 Å². The number of nitrogens with two attached hydrogens (primary N) is 1. The van der Waals surface area contributed by atoms with Gasteiger partial charge in [-0.2, -0.15) is 4.98 Å². The lowest BCUT2D eigenvalue weighted by atomic mass is 10.3. The summed E-state index contributed by atoms with van der Waals surface area (Å²) in [4.78, 5) is 12.4. The van der Waals surface area contributed by atoms with Crippen LogP contribution in [-0.2, 0) is 0 Å². The van der Waals surface area contributed by atoms with Gasteiger partial charge in [0, 0.05) is 11.9 Å². The molecule has 1 aromatic carbocycles. The number of hydrogen-bond donors (Lipinski definition) is 3. The fourth-order valence-corrected chi connectivity index (χ4v) is 2.29. The summed E-state index contributed by atoms with van der Waals surface area (Å²) in [6.07, 6.45) is 1.63. The molecular formula is C11H10N6S. The van der Waals surface area contributed by atoms with Crippen LogP contribution in [0.25, 0.3) is 10.2 Å². The van der Waals surface area contributed by atoms with Crippen LogP contribution in [0.2, 0.25) is 0 Å². The van der Waals surface area contributed by atoms with Crippen LogP contribution in [0.1, 0.15) is 0 Å². The molecule has 6 nitrogen and oxygen atoms in total. The Morgan fingerprint density at radius 1 is 1.17 bits per heavy atom. The lowest BCUT2D eigenvalue weighted by molar-refractivity contribution is 1.12. The van der Waals surface area contributed by atoms with E-state index >= 15 is 0 Å². The third-order valence-electron chi connectivity index (χ3n) is 2.39. The van der Waals surface area contributed by atoms with Gasteiger partial charge in [-0.15, -0.1) is 11.3 Å². The number of nitrogens with zero attached hydrogens (tertiary/aromatic N) is 3. The van der Waals surface area contributed by atoms with Crippen molar-refractivity contribution in [2.45, 2.75) is 0 Å². The zero-order chi connectivity index (χ0) is 12.4. The number of aromatic nitrogens is 3. The summed E-state index contributed by atoms with van der Waals surface area (Å²) in [5.41, 5.74) is 6.19. The summed E-state index contributed by atoms with van der Waals surface area (Å²) in [5, 5.41) is 3.19. The molecule has 0 amide bonds. The molecule has 0 fully saturated rings. The lowest BCUT2D eigenvalue weighted by Crippen LogP contribution is -2.10. The van der Waals surface area contributed by atoms with E-state index in [1.165, 1.54) is 0 Å². The highest BCUT2D eigenvalue weighted by Crippen LogP contribution is 2.23. The Bertz CT molecular complexity index is 680. The number of benzene rings is 1. The normalized spacial score (nSPS) is 10.5. The molecule has 90 valence electrons. The summed E-state index contributed by atoms with van der Waals surface area (Å²) >= 11 is 1.60. The molecule has 3 aromatic rings. The summed E-state index contributed by atoms with van der Waals surface area (Å²) in [6.45, 7) is 0. The molecule has 0 unspecified atom stereocenters. The predicted octanol–water partition coefficient (Wildman–Crippen LogP) is 2.12. The molecule has 18 heavy (non-hydrogen) atoms. The molecule has 0 aliphatic carbocycles. The highest BCUT2D eigenvalue weighted by atomic mass is 32.1. The second-order valence-electron chi connectivity index (χ2n) is 3.57. The Morgan fingerprint density at radius 3 is 3.00 bits per heavy atom. The molecule has 0 saturated heterocycles. The Morgan fingerprint density at radius 2 is 2.11 bits per heavy atom. The molecule has 0 atom stereocenters. The fraction of sp³-hybridized carbons (Fsp3) is 0. The molecular weight excluding hydrogens is 248 g/mol. The molecule has 2 heterocycles. The van der Waals surface area contributed by atoms with E-state index in [9.17, 15) is 0 Å². The number of hydrazine groups is 1. The number of nitrogens with one attached hydrogen (secondary N) is 2. The minimum atomic E-state index is 0.374. The first-order valence-corrected chi connectivity index (χ1v) is 6.13. The number of anilines is 3. The first-order valence-electron chi connectivity index (χ1n) is 5.25. The van der Waals surface area contributed by atoms with Crippen LogP contribution in [-0.4, -0.2) is 15.0 Å². The number of hydrogen-bond acceptors (Lipinski definition) is 7. The summed E-state index contributed by atoms with van der Waals surface area (Å²) in [6, 6.07) is 7.74. The largest absolute Gasteiger partial charge is 0.340 e. The van der Waals surface area contributed by atoms with Gasteiger partial charge in [-0.3, -0.25) is 5.43 Å². The summed E-state index contributed by atoms with van der Waals surface area (Å²) < 4.78 is 1.13. The molecule has 2 aromatic heterocycles. The Labute approximate surface area is 107 Å². The number of thiazole rings is 1. The maximum Gasteiger partial charge on any atom is 0.239 e. The average Bonchev–Trinajstić information content (AvgIpc) is 2.86. The molecule has 0 saturated carbocycles. The standard InChI is InChI=1S/C11H10N6S/c12-17-11-13-4-3-10(16-11)15-7-1-2-8-9(5-7)18-6-14-8/h1-6H,12H2,(H2,13,15,16,17). The predicted molar refractivity (Wildman–Crippen MR) is 72.7 cm³/mol. The van der Waals surface area contributed by atoms with E-state index in [2.05, 4.69) is 25.7 Å². The quantitative estimate of drug-likeness (QED) is 0.492. The van der Waals surface area contributed by atoms with E-state index in [1.54, 1.807) is 23.6 Å². The van der Waals surface area contributed by atoms with Crippen molar-refractivity contribution in [2.75, 3.05) is 10.7 Å². The van der Waals surface area contributed by atoms with Gasteiger partial charge in [0.1, 0.15) is 5.82 Å². The van der Waals surface area contributed by atoms with Crippen LogP contribution in [0.3, 0.4) is 0 Å². The van der Waals surface area contributed by atoms with Crippen LogP contribution < -0.4 is 16.6 Å². The van der Waals surface area contributed by atoms with Crippen LogP contribution in [0.4, 0.5) is 17.5 Å². The molecule has 4 N–H and O–H groups in total. The van der Waals surface area contributed by atoms with Crippen LogP contribution in [0, 0.1) is 0 Å². The van der Waals surface area contributed by atoms with Crippen molar-refractivity contribution in [3.63, 3.8) is 0 Å². The first kappa shape index (κ1) is 10.9. The van der Waals surface area contributed by atoms with E-state index in [4.69, 9.17) is 5.84 Å². The summed E-state index contributed by atoms with van der Waals surface area (Å²) in [5.74, 6) is 6.32. The Hall–Kier alpha value is -2.25. The molecule has 0 bridgehead atoms. The van der Waals surface area contributed by atoms with E-state index in [-0.39, 0.29) is 0 Å². The van der Waals surface area contributed by atoms with Crippen molar-refractivity contribution in [3.8, 4) is 0 Å². The average molecular weight is 258 g/mol. The van der Waals surface area contributed by atoms with Crippen molar-refractivity contribution in [1.29, 1.82) is 0 Å². The maximum absolute atomic E-state index is 5.26. The van der Waals surface area contributed by atoms with Gasteiger partial charge in [0.15, 0.2) is 0 Å². The van der Waals surface area contributed by atoms with E-state index in [1.807, 2.05) is 23.7 Å². The first-order chi connectivity index (χ1) is 8.85. The molecule has 0 aliphatic rings. The minimum absolute atomic E-state index is 0.374. The highest BCUT2D eigenvalue weighted by Gasteiger charge is 2.01. The van der Waals surface area contributed by atoms with Crippen molar-refractivity contribution >= 4 is 39.0 Å². The van der Waals surface area contributed by atoms with Crippen molar-refractivity contribution in [2.24, 2.45) is 5.84 Å². The topological polar surface area (TPSA) is 88.8 Å². The van der Waals surface area contributed by atoms with Gasteiger partial charge in [0.25, 0.3) is 0 Å².